The van der Waals surface area contributed by atoms with Gasteiger partial charge in [-0.15, -0.1) is 0 Å². The maximum Gasteiger partial charge on any atom is 0.228 e. The van der Waals surface area contributed by atoms with Crippen molar-refractivity contribution in [3.8, 4) is 0 Å². The molecule has 0 saturated carbocycles. The zero-order valence-corrected chi connectivity index (χ0v) is 14.3. The van der Waals surface area contributed by atoms with Crippen LogP contribution < -0.4 is 10.6 Å². The van der Waals surface area contributed by atoms with Gasteiger partial charge in [-0.3, -0.25) is 9.89 Å². The van der Waals surface area contributed by atoms with E-state index in [1.165, 1.54) is 0 Å². The molecule has 2 heterocycles. The van der Waals surface area contributed by atoms with Gasteiger partial charge in [-0.05, 0) is 45.4 Å². The van der Waals surface area contributed by atoms with Crippen LogP contribution in [0.15, 0.2) is 34.1 Å². The third-order valence-electron chi connectivity index (χ3n) is 4.09. The standard InChI is InChI=1S/C17H22N4OS/c1-11-16(12(2)21-20-11)23-15-8-4-3-7-14(15)19-17(22)13-6-5-9-18-10-13/h3-4,7-8,13,18H,5-6,9-10H2,1-2H3,(H,19,22)(H,20,21). The van der Waals surface area contributed by atoms with Gasteiger partial charge in [0.05, 0.1) is 22.2 Å². The third kappa shape index (κ3) is 3.76. The Hall–Kier alpha value is -1.79. The number of piperidine rings is 1. The number of para-hydroxylation sites is 1. The summed E-state index contributed by atoms with van der Waals surface area (Å²) < 4.78 is 0. The highest BCUT2D eigenvalue weighted by atomic mass is 32.2. The molecule has 1 aromatic carbocycles. The SMILES string of the molecule is Cc1n[nH]c(C)c1Sc1ccccc1NC(=O)C1CCCNC1. The smallest absolute Gasteiger partial charge is 0.228 e. The number of hydrogen-bond donors (Lipinski definition) is 3. The van der Waals surface area contributed by atoms with Crippen LogP contribution >= 0.6 is 11.8 Å². The maximum atomic E-state index is 12.5. The van der Waals surface area contributed by atoms with Crippen molar-refractivity contribution in [1.82, 2.24) is 15.5 Å². The Morgan fingerprint density at radius 1 is 1.35 bits per heavy atom. The molecule has 23 heavy (non-hydrogen) atoms. The van der Waals surface area contributed by atoms with Gasteiger partial charge in [-0.25, -0.2) is 0 Å². The number of aryl methyl sites for hydroxylation is 2. The van der Waals surface area contributed by atoms with E-state index in [4.69, 9.17) is 0 Å². The first-order chi connectivity index (χ1) is 11.1. The minimum absolute atomic E-state index is 0.0548. The Balaban J connectivity index is 1.76. The number of anilines is 1. The van der Waals surface area contributed by atoms with Gasteiger partial charge in [-0.1, -0.05) is 23.9 Å². The Kier molecular flexibility index (Phi) is 5.03. The molecule has 122 valence electrons. The Morgan fingerprint density at radius 2 is 2.17 bits per heavy atom. The highest BCUT2D eigenvalue weighted by molar-refractivity contribution is 7.99. The lowest BCUT2D eigenvalue weighted by molar-refractivity contribution is -0.120. The van der Waals surface area contributed by atoms with Crippen LogP contribution in [0, 0.1) is 19.8 Å². The summed E-state index contributed by atoms with van der Waals surface area (Å²) in [6, 6.07) is 7.94. The van der Waals surface area contributed by atoms with E-state index in [2.05, 4.69) is 20.8 Å². The van der Waals surface area contributed by atoms with E-state index >= 15 is 0 Å². The predicted molar refractivity (Wildman–Crippen MR) is 92.9 cm³/mol. The molecule has 3 N–H and O–H groups in total. The molecule has 1 aliphatic rings. The molecule has 1 fully saturated rings. The van der Waals surface area contributed by atoms with Crippen molar-refractivity contribution in [1.29, 1.82) is 0 Å². The summed E-state index contributed by atoms with van der Waals surface area (Å²) in [6.07, 6.45) is 2.01. The number of rotatable bonds is 4. The molecule has 5 nitrogen and oxygen atoms in total. The Bertz CT molecular complexity index is 672. The number of amides is 1. The largest absolute Gasteiger partial charge is 0.325 e. The van der Waals surface area contributed by atoms with Crippen LogP contribution in [0.5, 0.6) is 0 Å². The number of H-pyrrole nitrogens is 1. The van der Waals surface area contributed by atoms with Crippen LogP contribution in [0.3, 0.4) is 0 Å². The summed E-state index contributed by atoms with van der Waals surface area (Å²) in [4.78, 5) is 14.6. The summed E-state index contributed by atoms with van der Waals surface area (Å²) >= 11 is 1.64. The number of hydrogen-bond acceptors (Lipinski definition) is 4. The minimum Gasteiger partial charge on any atom is -0.325 e. The van der Waals surface area contributed by atoms with Crippen molar-refractivity contribution in [2.24, 2.45) is 5.92 Å². The van der Waals surface area contributed by atoms with Crippen LogP contribution in [-0.4, -0.2) is 29.2 Å². The fourth-order valence-electron chi connectivity index (χ4n) is 2.77. The van der Waals surface area contributed by atoms with E-state index in [-0.39, 0.29) is 11.8 Å². The number of carbonyl (C=O) groups excluding carboxylic acids is 1. The number of benzene rings is 1. The molecular weight excluding hydrogens is 308 g/mol. The van der Waals surface area contributed by atoms with E-state index in [1.54, 1.807) is 11.8 Å². The van der Waals surface area contributed by atoms with Gasteiger partial charge in [0.1, 0.15) is 0 Å². The minimum atomic E-state index is 0.0548. The van der Waals surface area contributed by atoms with Gasteiger partial charge in [0.25, 0.3) is 0 Å². The van der Waals surface area contributed by atoms with Crippen molar-refractivity contribution in [2.45, 2.75) is 36.5 Å². The molecule has 3 rings (SSSR count). The molecule has 1 aromatic heterocycles. The van der Waals surface area contributed by atoms with E-state index in [9.17, 15) is 4.79 Å². The number of aromatic amines is 1. The van der Waals surface area contributed by atoms with Gasteiger partial charge in [0, 0.05) is 17.1 Å². The monoisotopic (exact) mass is 330 g/mol. The first kappa shape index (κ1) is 16.1. The number of carbonyl (C=O) groups is 1. The molecule has 1 amide bonds. The summed E-state index contributed by atoms with van der Waals surface area (Å²) in [7, 11) is 0. The first-order valence-electron chi connectivity index (χ1n) is 7.95. The highest BCUT2D eigenvalue weighted by Gasteiger charge is 2.22. The lowest BCUT2D eigenvalue weighted by atomic mass is 9.99. The molecule has 1 atom stereocenters. The van der Waals surface area contributed by atoms with E-state index in [1.807, 2.05) is 38.1 Å². The maximum absolute atomic E-state index is 12.5. The molecule has 1 saturated heterocycles. The number of nitrogens with zero attached hydrogens (tertiary/aromatic N) is 1. The molecule has 1 unspecified atom stereocenters. The first-order valence-corrected chi connectivity index (χ1v) is 8.77. The molecule has 0 spiro atoms. The fraction of sp³-hybridized carbons (Fsp3) is 0.412. The highest BCUT2D eigenvalue weighted by Crippen LogP contribution is 2.36. The Labute approximate surface area is 140 Å². The molecule has 6 heteroatoms. The van der Waals surface area contributed by atoms with Crippen LogP contribution in [0.4, 0.5) is 5.69 Å². The van der Waals surface area contributed by atoms with Gasteiger partial charge in [-0.2, -0.15) is 5.10 Å². The van der Waals surface area contributed by atoms with Gasteiger partial charge in [0.2, 0.25) is 5.91 Å². The topological polar surface area (TPSA) is 69.8 Å². The number of aromatic nitrogens is 2. The van der Waals surface area contributed by atoms with Crippen molar-refractivity contribution >= 4 is 23.4 Å². The average Bonchev–Trinajstić information content (AvgIpc) is 2.89. The van der Waals surface area contributed by atoms with Crippen molar-refractivity contribution in [2.75, 3.05) is 18.4 Å². The number of nitrogens with one attached hydrogen (secondary N) is 3. The molecule has 0 aliphatic carbocycles. The second kappa shape index (κ2) is 7.19. The second-order valence-electron chi connectivity index (χ2n) is 5.89. The quantitative estimate of drug-likeness (QED) is 0.805. The predicted octanol–water partition coefficient (Wildman–Crippen LogP) is 3.12. The molecule has 0 bridgehead atoms. The van der Waals surface area contributed by atoms with Crippen LogP contribution in [0.25, 0.3) is 0 Å². The van der Waals surface area contributed by atoms with Crippen LogP contribution in [-0.2, 0) is 4.79 Å². The molecular formula is C17H22N4OS. The van der Waals surface area contributed by atoms with Gasteiger partial charge < -0.3 is 10.6 Å². The second-order valence-corrected chi connectivity index (χ2v) is 6.95. The molecule has 2 aromatic rings. The van der Waals surface area contributed by atoms with E-state index in [0.717, 1.165) is 52.8 Å². The van der Waals surface area contributed by atoms with E-state index < -0.39 is 0 Å². The summed E-state index contributed by atoms with van der Waals surface area (Å²) in [5, 5.41) is 13.6. The zero-order chi connectivity index (χ0) is 16.2. The average molecular weight is 330 g/mol. The zero-order valence-electron chi connectivity index (χ0n) is 13.5. The molecule has 1 aliphatic heterocycles. The fourth-order valence-corrected chi connectivity index (χ4v) is 3.76. The summed E-state index contributed by atoms with van der Waals surface area (Å²) in [5.74, 6) is 0.157. The summed E-state index contributed by atoms with van der Waals surface area (Å²) in [6.45, 7) is 5.77. The lowest BCUT2D eigenvalue weighted by Gasteiger charge is -2.22. The van der Waals surface area contributed by atoms with Gasteiger partial charge >= 0.3 is 0 Å². The van der Waals surface area contributed by atoms with Gasteiger partial charge in [0.15, 0.2) is 0 Å². The van der Waals surface area contributed by atoms with Crippen LogP contribution in [0.2, 0.25) is 0 Å². The third-order valence-corrected chi connectivity index (χ3v) is 5.47. The van der Waals surface area contributed by atoms with Crippen LogP contribution in [0.1, 0.15) is 24.2 Å². The van der Waals surface area contributed by atoms with Crippen molar-refractivity contribution in [3.63, 3.8) is 0 Å². The summed E-state index contributed by atoms with van der Waals surface area (Å²) in [5.41, 5.74) is 2.89. The normalized spacial score (nSPS) is 17.9. The van der Waals surface area contributed by atoms with Crippen molar-refractivity contribution < 1.29 is 4.79 Å². The van der Waals surface area contributed by atoms with E-state index in [0.29, 0.717) is 0 Å². The molecule has 0 radical (unpaired) electrons. The lowest BCUT2D eigenvalue weighted by Crippen LogP contribution is -2.37. The Morgan fingerprint density at radius 3 is 2.87 bits per heavy atom. The van der Waals surface area contributed by atoms with Crippen molar-refractivity contribution in [3.05, 3.63) is 35.7 Å².